The molecule has 0 N–H and O–H groups in total. The molecule has 1 aromatic carbocycles. The second-order valence-corrected chi connectivity index (χ2v) is 5.62. The molecule has 2 heterocycles. The number of fused-ring (bicyclic) bond motifs is 1. The predicted molar refractivity (Wildman–Crippen MR) is 82.5 cm³/mol. The van der Waals surface area contributed by atoms with Crippen molar-refractivity contribution >= 4 is 21.4 Å². The summed E-state index contributed by atoms with van der Waals surface area (Å²) in [5.74, 6) is 0.994. The van der Waals surface area contributed by atoms with Crippen LogP contribution in [0, 0.1) is 20.8 Å². The zero-order valence-electron chi connectivity index (χ0n) is 11.2. The summed E-state index contributed by atoms with van der Waals surface area (Å²) in [4.78, 5) is 4.44. The van der Waals surface area contributed by atoms with Gasteiger partial charge in [-0.1, -0.05) is 24.3 Å². The third-order valence-corrected chi connectivity index (χ3v) is 4.27. The molecule has 3 aromatic rings. The van der Waals surface area contributed by atoms with Crippen molar-refractivity contribution < 1.29 is 0 Å². The highest BCUT2D eigenvalue weighted by Gasteiger charge is 2.08. The Morgan fingerprint density at radius 3 is 2.63 bits per heavy atom. The molecule has 0 fully saturated rings. The SMILES string of the molecule is Cc1cccc(-c2ccc3c(Br)nc(C)n3c2)c1C. The van der Waals surface area contributed by atoms with E-state index in [1.54, 1.807) is 0 Å². The van der Waals surface area contributed by atoms with Crippen LogP contribution in [0.15, 0.2) is 41.1 Å². The van der Waals surface area contributed by atoms with Crippen LogP contribution in [0.25, 0.3) is 16.6 Å². The van der Waals surface area contributed by atoms with Gasteiger partial charge in [-0.25, -0.2) is 4.98 Å². The molecule has 96 valence electrons. The molecular weight excluding hydrogens is 300 g/mol. The van der Waals surface area contributed by atoms with Gasteiger partial charge in [0.2, 0.25) is 0 Å². The van der Waals surface area contributed by atoms with E-state index < -0.39 is 0 Å². The average Bonchev–Trinajstić information content (AvgIpc) is 2.68. The lowest BCUT2D eigenvalue weighted by molar-refractivity contribution is 1.04. The Kier molecular flexibility index (Phi) is 2.94. The maximum Gasteiger partial charge on any atom is 0.132 e. The number of nitrogens with zero attached hydrogens (tertiary/aromatic N) is 2. The van der Waals surface area contributed by atoms with Crippen LogP contribution in [0.2, 0.25) is 0 Å². The first-order chi connectivity index (χ1) is 9.08. The average molecular weight is 315 g/mol. The first kappa shape index (κ1) is 12.4. The first-order valence-electron chi connectivity index (χ1n) is 6.28. The number of pyridine rings is 1. The molecule has 0 amide bonds. The lowest BCUT2D eigenvalue weighted by atomic mass is 9.98. The summed E-state index contributed by atoms with van der Waals surface area (Å²) >= 11 is 3.49. The Morgan fingerprint density at radius 1 is 1.05 bits per heavy atom. The predicted octanol–water partition coefficient (Wildman–Crippen LogP) is 4.69. The second-order valence-electron chi connectivity index (χ2n) is 4.87. The van der Waals surface area contributed by atoms with Crippen LogP contribution in [0.3, 0.4) is 0 Å². The molecule has 0 unspecified atom stereocenters. The maximum absolute atomic E-state index is 4.44. The summed E-state index contributed by atoms with van der Waals surface area (Å²) in [6, 6.07) is 10.7. The zero-order valence-corrected chi connectivity index (χ0v) is 12.8. The largest absolute Gasteiger partial charge is 0.302 e. The van der Waals surface area contributed by atoms with E-state index in [1.807, 2.05) is 6.92 Å². The molecule has 2 aromatic heterocycles. The van der Waals surface area contributed by atoms with Crippen LogP contribution >= 0.6 is 15.9 Å². The van der Waals surface area contributed by atoms with Crippen LogP contribution in [0.1, 0.15) is 17.0 Å². The van der Waals surface area contributed by atoms with E-state index in [9.17, 15) is 0 Å². The Labute approximate surface area is 121 Å². The van der Waals surface area contributed by atoms with E-state index in [-0.39, 0.29) is 0 Å². The fraction of sp³-hybridized carbons (Fsp3) is 0.188. The Bertz CT molecular complexity index is 772. The minimum Gasteiger partial charge on any atom is -0.302 e. The molecule has 0 aliphatic carbocycles. The number of benzene rings is 1. The molecular formula is C16H15BrN2. The van der Waals surface area contributed by atoms with Gasteiger partial charge in [0.15, 0.2) is 0 Å². The molecule has 0 bridgehead atoms. The van der Waals surface area contributed by atoms with Crippen molar-refractivity contribution in [3.05, 3.63) is 58.1 Å². The minimum absolute atomic E-state index is 0.900. The number of aryl methyl sites for hydroxylation is 2. The third-order valence-electron chi connectivity index (χ3n) is 3.68. The summed E-state index contributed by atoms with van der Waals surface area (Å²) in [6.45, 7) is 6.34. The molecule has 0 aliphatic heterocycles. The van der Waals surface area contributed by atoms with Crippen LogP contribution < -0.4 is 0 Å². The van der Waals surface area contributed by atoms with Crippen molar-refractivity contribution in [1.29, 1.82) is 0 Å². The van der Waals surface area contributed by atoms with E-state index in [2.05, 4.69) is 75.7 Å². The number of imidazole rings is 1. The Morgan fingerprint density at radius 2 is 1.84 bits per heavy atom. The monoisotopic (exact) mass is 314 g/mol. The molecule has 0 radical (unpaired) electrons. The summed E-state index contributed by atoms with van der Waals surface area (Å²) < 4.78 is 3.03. The molecule has 3 heteroatoms. The van der Waals surface area contributed by atoms with Gasteiger partial charge in [-0.05, 0) is 65.0 Å². The van der Waals surface area contributed by atoms with Crippen LogP contribution in [0.4, 0.5) is 0 Å². The van der Waals surface area contributed by atoms with Gasteiger partial charge in [0.05, 0.1) is 5.52 Å². The number of aromatic nitrogens is 2. The molecule has 2 nitrogen and oxygen atoms in total. The third kappa shape index (κ3) is 1.98. The van der Waals surface area contributed by atoms with E-state index >= 15 is 0 Å². The van der Waals surface area contributed by atoms with E-state index in [1.165, 1.54) is 22.3 Å². The molecule has 0 aliphatic rings. The highest BCUT2D eigenvalue weighted by molar-refractivity contribution is 9.10. The number of hydrogen-bond acceptors (Lipinski definition) is 1. The normalized spacial score (nSPS) is 11.2. The fourth-order valence-electron chi connectivity index (χ4n) is 2.41. The smallest absolute Gasteiger partial charge is 0.132 e. The van der Waals surface area contributed by atoms with Crippen LogP contribution in [-0.2, 0) is 0 Å². The molecule has 0 saturated heterocycles. The van der Waals surface area contributed by atoms with Crippen molar-refractivity contribution in [2.45, 2.75) is 20.8 Å². The summed E-state index contributed by atoms with van der Waals surface area (Å²) in [5, 5.41) is 0. The Balaban J connectivity index is 2.26. The van der Waals surface area contributed by atoms with Gasteiger partial charge in [0.1, 0.15) is 10.4 Å². The van der Waals surface area contributed by atoms with E-state index in [0.29, 0.717) is 0 Å². The van der Waals surface area contributed by atoms with Gasteiger partial charge in [-0.15, -0.1) is 0 Å². The van der Waals surface area contributed by atoms with Crippen molar-refractivity contribution in [3.8, 4) is 11.1 Å². The maximum atomic E-state index is 4.44. The Hall–Kier alpha value is -1.61. The van der Waals surface area contributed by atoms with E-state index in [4.69, 9.17) is 0 Å². The number of halogens is 1. The minimum atomic E-state index is 0.900. The number of hydrogen-bond donors (Lipinski definition) is 0. The summed E-state index contributed by atoms with van der Waals surface area (Å²) in [7, 11) is 0. The van der Waals surface area contributed by atoms with Crippen LogP contribution in [-0.4, -0.2) is 9.38 Å². The lowest BCUT2D eigenvalue weighted by Gasteiger charge is -2.09. The quantitative estimate of drug-likeness (QED) is 0.637. The van der Waals surface area contributed by atoms with Crippen molar-refractivity contribution in [3.63, 3.8) is 0 Å². The molecule has 3 rings (SSSR count). The second kappa shape index (κ2) is 4.49. The summed E-state index contributed by atoms with van der Waals surface area (Å²) in [5.41, 5.74) is 6.26. The summed E-state index contributed by atoms with van der Waals surface area (Å²) in [6.07, 6.45) is 2.16. The first-order valence-corrected chi connectivity index (χ1v) is 7.08. The van der Waals surface area contributed by atoms with Gasteiger partial charge in [0.25, 0.3) is 0 Å². The highest BCUT2D eigenvalue weighted by Crippen LogP contribution is 2.28. The molecule has 19 heavy (non-hydrogen) atoms. The van der Waals surface area contributed by atoms with Gasteiger partial charge >= 0.3 is 0 Å². The van der Waals surface area contributed by atoms with Gasteiger partial charge in [-0.3, -0.25) is 0 Å². The van der Waals surface area contributed by atoms with Crippen molar-refractivity contribution in [2.75, 3.05) is 0 Å². The van der Waals surface area contributed by atoms with Gasteiger partial charge in [-0.2, -0.15) is 0 Å². The molecule has 0 atom stereocenters. The molecule has 0 saturated carbocycles. The van der Waals surface area contributed by atoms with Crippen LogP contribution in [0.5, 0.6) is 0 Å². The van der Waals surface area contributed by atoms with Crippen molar-refractivity contribution in [2.24, 2.45) is 0 Å². The highest BCUT2D eigenvalue weighted by atomic mass is 79.9. The van der Waals surface area contributed by atoms with E-state index in [0.717, 1.165) is 15.9 Å². The zero-order chi connectivity index (χ0) is 13.6. The van der Waals surface area contributed by atoms with Gasteiger partial charge in [0, 0.05) is 6.20 Å². The topological polar surface area (TPSA) is 17.3 Å². The fourth-order valence-corrected chi connectivity index (χ4v) is 2.99. The van der Waals surface area contributed by atoms with Gasteiger partial charge < -0.3 is 4.40 Å². The van der Waals surface area contributed by atoms with Crippen molar-refractivity contribution in [1.82, 2.24) is 9.38 Å². The number of rotatable bonds is 1. The lowest BCUT2D eigenvalue weighted by Crippen LogP contribution is -1.92. The standard InChI is InChI=1S/C16H15BrN2/c1-10-5-4-6-14(11(10)2)13-7-8-15-16(17)18-12(3)19(15)9-13/h4-9H,1-3H3. The molecule has 0 spiro atoms.